The first-order valence-corrected chi connectivity index (χ1v) is 10.3. The minimum Gasteiger partial charge on any atom is -0.315 e. The third-order valence-corrected chi connectivity index (χ3v) is 6.02. The Bertz CT molecular complexity index is 413. The molecule has 0 radical (unpaired) electrons. The van der Waals surface area contributed by atoms with Gasteiger partial charge in [0, 0.05) is 32.2 Å². The zero-order valence-corrected chi connectivity index (χ0v) is 14.4. The Balaban J connectivity index is 1.82. The van der Waals surface area contributed by atoms with Crippen molar-refractivity contribution in [3.05, 3.63) is 0 Å². The van der Waals surface area contributed by atoms with E-state index in [4.69, 9.17) is 0 Å². The highest BCUT2D eigenvalue weighted by molar-refractivity contribution is 7.88. The summed E-state index contributed by atoms with van der Waals surface area (Å²) in [5.41, 5.74) is 0. The summed E-state index contributed by atoms with van der Waals surface area (Å²) in [5, 5.41) is 3.53. The van der Waals surface area contributed by atoms with Crippen molar-refractivity contribution in [2.75, 3.05) is 45.5 Å². The largest absolute Gasteiger partial charge is 0.315 e. The number of rotatable bonds is 7. The summed E-state index contributed by atoms with van der Waals surface area (Å²) < 4.78 is 25.1. The van der Waals surface area contributed by atoms with E-state index in [1.165, 1.54) is 32.1 Å². The molecule has 5 nitrogen and oxygen atoms in total. The van der Waals surface area contributed by atoms with Crippen LogP contribution in [0.4, 0.5) is 0 Å². The van der Waals surface area contributed by atoms with E-state index in [0.717, 1.165) is 32.5 Å². The van der Waals surface area contributed by atoms with Gasteiger partial charge in [-0.2, -0.15) is 0 Å². The molecule has 0 spiro atoms. The lowest BCUT2D eigenvalue weighted by Gasteiger charge is -2.35. The zero-order chi connectivity index (χ0) is 15.3. The number of sulfonamides is 1. The highest BCUT2D eigenvalue weighted by Gasteiger charge is 2.30. The molecule has 2 unspecified atom stereocenters. The van der Waals surface area contributed by atoms with Gasteiger partial charge in [-0.1, -0.05) is 6.92 Å². The first kappa shape index (κ1) is 17.2. The second kappa shape index (κ2) is 7.90. The van der Waals surface area contributed by atoms with E-state index in [-0.39, 0.29) is 0 Å². The van der Waals surface area contributed by atoms with E-state index in [1.54, 1.807) is 4.31 Å². The van der Waals surface area contributed by atoms with Crippen LogP contribution in [0.1, 0.15) is 39.0 Å². The Kier molecular flexibility index (Phi) is 6.47. The fraction of sp³-hybridized carbons (Fsp3) is 1.00. The summed E-state index contributed by atoms with van der Waals surface area (Å²) in [4.78, 5) is 2.58. The molecule has 0 saturated carbocycles. The smallest absolute Gasteiger partial charge is 0.211 e. The number of piperidine rings is 1. The van der Waals surface area contributed by atoms with Gasteiger partial charge in [-0.05, 0) is 51.1 Å². The summed E-state index contributed by atoms with van der Waals surface area (Å²) in [7, 11) is -3.02. The third-order valence-electron chi connectivity index (χ3n) is 4.75. The molecule has 0 bridgehead atoms. The van der Waals surface area contributed by atoms with Crippen LogP contribution >= 0.6 is 0 Å². The van der Waals surface area contributed by atoms with Crippen LogP contribution < -0.4 is 5.32 Å². The molecule has 1 N–H and O–H groups in total. The first-order chi connectivity index (χ1) is 10.0. The lowest BCUT2D eigenvalue weighted by molar-refractivity contribution is 0.166. The highest BCUT2D eigenvalue weighted by Crippen LogP contribution is 2.24. The van der Waals surface area contributed by atoms with Crippen LogP contribution in [0.15, 0.2) is 0 Å². The van der Waals surface area contributed by atoms with E-state index >= 15 is 0 Å². The molecule has 0 aliphatic carbocycles. The molecule has 2 aliphatic heterocycles. The van der Waals surface area contributed by atoms with Gasteiger partial charge in [-0.25, -0.2) is 12.7 Å². The molecule has 2 fully saturated rings. The second-order valence-electron chi connectivity index (χ2n) is 6.62. The van der Waals surface area contributed by atoms with Crippen LogP contribution in [-0.2, 0) is 10.0 Å². The predicted molar refractivity (Wildman–Crippen MR) is 86.9 cm³/mol. The van der Waals surface area contributed by atoms with Crippen molar-refractivity contribution < 1.29 is 8.42 Å². The maximum atomic E-state index is 11.7. The molecule has 2 aliphatic rings. The second-order valence-corrected chi connectivity index (χ2v) is 8.61. The number of nitrogens with one attached hydrogen (secondary N) is 1. The molecule has 2 atom stereocenters. The van der Waals surface area contributed by atoms with E-state index in [0.29, 0.717) is 25.0 Å². The molecule has 21 heavy (non-hydrogen) atoms. The van der Waals surface area contributed by atoms with E-state index in [1.807, 2.05) is 0 Å². The molecule has 124 valence electrons. The van der Waals surface area contributed by atoms with Crippen LogP contribution in [0.25, 0.3) is 0 Å². The van der Waals surface area contributed by atoms with Gasteiger partial charge < -0.3 is 5.32 Å². The Morgan fingerprint density at radius 3 is 2.67 bits per heavy atom. The van der Waals surface area contributed by atoms with Gasteiger partial charge in [0.2, 0.25) is 10.0 Å². The molecule has 0 aromatic rings. The lowest BCUT2D eigenvalue weighted by atomic mass is 9.98. The van der Waals surface area contributed by atoms with Gasteiger partial charge in [0.05, 0.1) is 6.26 Å². The van der Waals surface area contributed by atoms with Crippen molar-refractivity contribution in [2.45, 2.75) is 45.1 Å². The Labute approximate surface area is 130 Å². The predicted octanol–water partition coefficient (Wildman–Crippen LogP) is 1.12. The monoisotopic (exact) mass is 317 g/mol. The summed E-state index contributed by atoms with van der Waals surface area (Å²) in [6.45, 7) is 8.02. The van der Waals surface area contributed by atoms with Crippen LogP contribution in [-0.4, -0.2) is 69.2 Å². The van der Waals surface area contributed by atoms with Crippen molar-refractivity contribution >= 4 is 10.0 Å². The molecule has 0 aromatic carbocycles. The third kappa shape index (κ3) is 5.20. The van der Waals surface area contributed by atoms with Crippen LogP contribution in [0.2, 0.25) is 0 Å². The number of hydrogen-bond donors (Lipinski definition) is 1. The van der Waals surface area contributed by atoms with Gasteiger partial charge in [0.1, 0.15) is 0 Å². The highest BCUT2D eigenvalue weighted by atomic mass is 32.2. The summed E-state index contributed by atoms with van der Waals surface area (Å²) >= 11 is 0. The first-order valence-electron chi connectivity index (χ1n) is 8.40. The Hall–Kier alpha value is -0.170. The average molecular weight is 317 g/mol. The molecule has 2 heterocycles. The van der Waals surface area contributed by atoms with Crippen molar-refractivity contribution in [3.63, 3.8) is 0 Å². The van der Waals surface area contributed by atoms with Crippen molar-refractivity contribution in [2.24, 2.45) is 5.92 Å². The quantitative estimate of drug-likeness (QED) is 0.715. The summed E-state index contributed by atoms with van der Waals surface area (Å²) in [5.74, 6) is 0.500. The lowest BCUT2D eigenvalue weighted by Crippen LogP contribution is -2.46. The molecule has 2 rings (SSSR count). The molecule has 6 heteroatoms. The standard InChI is InChI=1S/C15H31N3O2S/c1-3-8-16-11-15-7-5-9-17(15)12-14-6-4-10-18(13-14)21(2,19)20/h14-16H,3-13H2,1-2H3. The van der Waals surface area contributed by atoms with Crippen LogP contribution in [0.3, 0.4) is 0 Å². The van der Waals surface area contributed by atoms with Crippen LogP contribution in [0, 0.1) is 5.92 Å². The molecule has 0 aromatic heterocycles. The molecule has 0 amide bonds. The maximum absolute atomic E-state index is 11.7. The van der Waals surface area contributed by atoms with E-state index < -0.39 is 10.0 Å². The topological polar surface area (TPSA) is 52.6 Å². The van der Waals surface area contributed by atoms with E-state index in [2.05, 4.69) is 17.1 Å². The normalized spacial score (nSPS) is 29.0. The zero-order valence-electron chi connectivity index (χ0n) is 13.6. The van der Waals surface area contributed by atoms with Gasteiger partial charge >= 0.3 is 0 Å². The van der Waals surface area contributed by atoms with Crippen LogP contribution in [0.5, 0.6) is 0 Å². The fourth-order valence-electron chi connectivity index (χ4n) is 3.62. The van der Waals surface area contributed by atoms with Crippen molar-refractivity contribution in [1.82, 2.24) is 14.5 Å². The van der Waals surface area contributed by atoms with Gasteiger partial charge in [-0.3, -0.25) is 4.90 Å². The summed E-state index contributed by atoms with van der Waals surface area (Å²) in [6.07, 6.45) is 7.24. The van der Waals surface area contributed by atoms with E-state index in [9.17, 15) is 8.42 Å². The fourth-order valence-corrected chi connectivity index (χ4v) is 4.56. The minimum atomic E-state index is -3.02. The number of likely N-dealkylation sites (tertiary alicyclic amines) is 1. The van der Waals surface area contributed by atoms with Crippen molar-refractivity contribution in [3.8, 4) is 0 Å². The van der Waals surface area contributed by atoms with Gasteiger partial charge in [0.15, 0.2) is 0 Å². The molecule has 2 saturated heterocycles. The average Bonchev–Trinajstić information content (AvgIpc) is 2.86. The minimum absolute atomic E-state index is 0.500. The number of nitrogens with zero attached hydrogens (tertiary/aromatic N) is 2. The number of hydrogen-bond acceptors (Lipinski definition) is 4. The van der Waals surface area contributed by atoms with Crippen molar-refractivity contribution in [1.29, 1.82) is 0 Å². The molecular weight excluding hydrogens is 286 g/mol. The molecular formula is C15H31N3O2S. The maximum Gasteiger partial charge on any atom is 0.211 e. The SMILES string of the molecule is CCCNCC1CCCN1CC1CCCN(S(C)(=O)=O)C1. The van der Waals surface area contributed by atoms with Gasteiger partial charge in [-0.15, -0.1) is 0 Å². The Morgan fingerprint density at radius 1 is 1.19 bits per heavy atom. The van der Waals surface area contributed by atoms with Gasteiger partial charge in [0.25, 0.3) is 0 Å². The summed E-state index contributed by atoms with van der Waals surface area (Å²) in [6, 6.07) is 0.644. The Morgan fingerprint density at radius 2 is 1.95 bits per heavy atom.